The second-order valence-corrected chi connectivity index (χ2v) is 10.1. The Hall–Kier alpha value is -2.87. The fourth-order valence-electron chi connectivity index (χ4n) is 4.81. The molecule has 0 unspecified atom stereocenters. The van der Waals surface area contributed by atoms with Gasteiger partial charge in [0.05, 0.1) is 12.2 Å². The van der Waals surface area contributed by atoms with Gasteiger partial charge in [-0.3, -0.25) is 9.59 Å². The van der Waals surface area contributed by atoms with E-state index < -0.39 is 54.0 Å². The Balaban J connectivity index is 1.56. The van der Waals surface area contributed by atoms with Gasteiger partial charge in [-0.2, -0.15) is 0 Å². The molecule has 2 amide bonds. The standard InChI is InChI=1S/C27H31ClN2O9/c1-14(5-2-3-10-31)27(38)18-12-16(28)8-9-19(18)30(26(27)37)13-15-6-4-7-17(11-15)29-24(35)23-21(33)20(32)22(34)25(36)39-23/h2,4-9,11-12,14,20-23,25,31-34,36,38H,3,10,13H2,1H3,(H,29,35)/b5-2+/t14-,20+,21+,22-,23+,25-,27+/m1/s1. The van der Waals surface area contributed by atoms with E-state index in [1.165, 1.54) is 4.90 Å². The van der Waals surface area contributed by atoms with Crippen molar-refractivity contribution in [3.8, 4) is 0 Å². The zero-order chi connectivity index (χ0) is 28.5. The maximum absolute atomic E-state index is 13.6. The zero-order valence-electron chi connectivity index (χ0n) is 21.0. The number of carbonyl (C=O) groups excluding carboxylic acids is 2. The number of fused-ring (bicyclic) bond motifs is 1. The van der Waals surface area contributed by atoms with Crippen molar-refractivity contribution in [1.82, 2.24) is 0 Å². The minimum atomic E-state index is -1.89. The Labute approximate surface area is 229 Å². The van der Waals surface area contributed by atoms with Crippen LogP contribution in [0.5, 0.6) is 0 Å². The summed E-state index contributed by atoms with van der Waals surface area (Å²) in [5.74, 6) is -2.05. The molecule has 0 aliphatic carbocycles. The molecule has 1 saturated heterocycles. The molecule has 0 aromatic heterocycles. The van der Waals surface area contributed by atoms with Crippen LogP contribution in [0.3, 0.4) is 0 Å². The first-order valence-corrected chi connectivity index (χ1v) is 12.8. The molecule has 2 aliphatic rings. The molecule has 39 heavy (non-hydrogen) atoms. The smallest absolute Gasteiger partial charge is 0.264 e. The van der Waals surface area contributed by atoms with E-state index >= 15 is 0 Å². The number of rotatable bonds is 8. The van der Waals surface area contributed by atoms with Crippen molar-refractivity contribution in [2.24, 2.45) is 5.92 Å². The summed E-state index contributed by atoms with van der Waals surface area (Å²) in [5.41, 5.74) is -0.187. The van der Waals surface area contributed by atoms with Gasteiger partial charge in [0.15, 0.2) is 18.0 Å². The minimum Gasteiger partial charge on any atom is -0.396 e. The zero-order valence-corrected chi connectivity index (χ0v) is 21.8. The van der Waals surface area contributed by atoms with Crippen LogP contribution < -0.4 is 10.2 Å². The predicted octanol–water partition coefficient (Wildman–Crippen LogP) is 0.388. The molecular formula is C27H31ClN2O9. The van der Waals surface area contributed by atoms with E-state index in [2.05, 4.69) is 5.32 Å². The largest absolute Gasteiger partial charge is 0.396 e. The SMILES string of the molecule is C[C@H](/C=C/CCO)[C@@]1(O)C(=O)N(Cc2cccc(NC(=O)[C@H]3O[C@@H](O)[C@H](O)[C@@H](O)[C@@H]3O)c2)c2ccc(Cl)cc21. The minimum absolute atomic E-state index is 0.0404. The molecule has 2 aromatic carbocycles. The average molecular weight is 563 g/mol. The summed E-state index contributed by atoms with van der Waals surface area (Å²) in [7, 11) is 0. The summed E-state index contributed by atoms with van der Waals surface area (Å²) < 4.78 is 4.97. The van der Waals surface area contributed by atoms with Crippen LogP contribution in [0.25, 0.3) is 0 Å². The van der Waals surface area contributed by atoms with Crippen molar-refractivity contribution in [1.29, 1.82) is 0 Å². The molecule has 11 nitrogen and oxygen atoms in total. The predicted molar refractivity (Wildman–Crippen MR) is 141 cm³/mol. The number of hydrogen-bond acceptors (Lipinski definition) is 9. The van der Waals surface area contributed by atoms with E-state index in [-0.39, 0.29) is 18.8 Å². The van der Waals surface area contributed by atoms with Gasteiger partial charge in [-0.15, -0.1) is 0 Å². The molecule has 210 valence electrons. The third-order valence-electron chi connectivity index (χ3n) is 6.99. The molecule has 0 spiro atoms. The highest BCUT2D eigenvalue weighted by Crippen LogP contribution is 2.46. The van der Waals surface area contributed by atoms with Crippen LogP contribution in [0.1, 0.15) is 24.5 Å². The number of ether oxygens (including phenoxy) is 1. The number of aliphatic hydroxyl groups excluding tert-OH is 5. The van der Waals surface area contributed by atoms with Gasteiger partial charge in [-0.05, 0) is 42.3 Å². The first-order valence-electron chi connectivity index (χ1n) is 12.4. The Kier molecular flexibility index (Phi) is 8.74. The number of amides is 2. The molecule has 1 fully saturated rings. The summed E-state index contributed by atoms with van der Waals surface area (Å²) in [5, 5.41) is 62.9. The molecule has 12 heteroatoms. The molecule has 7 N–H and O–H groups in total. The Morgan fingerprint density at radius 3 is 2.62 bits per heavy atom. The Morgan fingerprint density at radius 1 is 1.15 bits per heavy atom. The van der Waals surface area contributed by atoms with Crippen LogP contribution in [0, 0.1) is 5.92 Å². The Bertz CT molecular complexity index is 1260. The second-order valence-electron chi connectivity index (χ2n) is 9.66. The lowest BCUT2D eigenvalue weighted by molar-refractivity contribution is -0.274. The van der Waals surface area contributed by atoms with Gasteiger partial charge in [0.2, 0.25) is 0 Å². The van der Waals surface area contributed by atoms with Crippen LogP contribution >= 0.6 is 11.6 Å². The van der Waals surface area contributed by atoms with Crippen LogP contribution in [-0.2, 0) is 26.5 Å². The molecule has 2 aliphatic heterocycles. The monoisotopic (exact) mass is 562 g/mol. The van der Waals surface area contributed by atoms with Crippen molar-refractivity contribution in [3.05, 3.63) is 70.8 Å². The number of nitrogens with one attached hydrogen (secondary N) is 1. The van der Waals surface area contributed by atoms with Gasteiger partial charge in [-0.1, -0.05) is 42.8 Å². The van der Waals surface area contributed by atoms with Crippen molar-refractivity contribution in [3.63, 3.8) is 0 Å². The van der Waals surface area contributed by atoms with Gasteiger partial charge in [0, 0.05) is 28.8 Å². The average Bonchev–Trinajstić information content (AvgIpc) is 3.11. The highest BCUT2D eigenvalue weighted by atomic mass is 35.5. The van der Waals surface area contributed by atoms with Gasteiger partial charge in [-0.25, -0.2) is 0 Å². The van der Waals surface area contributed by atoms with Crippen LogP contribution in [-0.4, -0.2) is 79.8 Å². The summed E-state index contributed by atoms with van der Waals surface area (Å²) >= 11 is 6.20. The lowest BCUT2D eigenvalue weighted by atomic mass is 9.83. The molecule has 7 atom stereocenters. The first kappa shape index (κ1) is 29.1. The summed E-state index contributed by atoms with van der Waals surface area (Å²) in [6.45, 7) is 1.68. The van der Waals surface area contributed by atoms with Crippen LogP contribution in [0.2, 0.25) is 5.02 Å². The van der Waals surface area contributed by atoms with Gasteiger partial charge >= 0.3 is 0 Å². The number of benzene rings is 2. The molecule has 0 saturated carbocycles. The molecule has 2 heterocycles. The molecular weight excluding hydrogens is 532 g/mol. The fraction of sp³-hybridized carbons (Fsp3) is 0.407. The highest BCUT2D eigenvalue weighted by molar-refractivity contribution is 6.31. The summed E-state index contributed by atoms with van der Waals surface area (Å²) in [6.07, 6.45) is -5.09. The van der Waals surface area contributed by atoms with Crippen LogP contribution in [0.4, 0.5) is 11.4 Å². The summed E-state index contributed by atoms with van der Waals surface area (Å²) in [6, 6.07) is 11.3. The maximum atomic E-state index is 13.6. The number of anilines is 2. The number of carbonyl (C=O) groups is 2. The van der Waals surface area contributed by atoms with Gasteiger partial charge in [0.25, 0.3) is 11.8 Å². The summed E-state index contributed by atoms with van der Waals surface area (Å²) in [4.78, 5) is 27.8. The van der Waals surface area contributed by atoms with E-state index in [1.807, 2.05) is 0 Å². The van der Waals surface area contributed by atoms with E-state index in [1.54, 1.807) is 61.5 Å². The second kappa shape index (κ2) is 11.7. The fourth-order valence-corrected chi connectivity index (χ4v) is 4.98. The number of aliphatic hydroxyl groups is 6. The molecule has 0 radical (unpaired) electrons. The quantitative estimate of drug-likeness (QED) is 0.224. The van der Waals surface area contributed by atoms with E-state index in [0.717, 1.165) is 0 Å². The van der Waals surface area contributed by atoms with Crippen molar-refractivity contribution in [2.45, 2.75) is 56.2 Å². The van der Waals surface area contributed by atoms with Gasteiger partial charge < -0.3 is 45.6 Å². The van der Waals surface area contributed by atoms with Crippen molar-refractivity contribution in [2.75, 3.05) is 16.8 Å². The van der Waals surface area contributed by atoms with E-state index in [4.69, 9.17) is 21.4 Å². The number of hydrogen-bond donors (Lipinski definition) is 7. The van der Waals surface area contributed by atoms with E-state index in [0.29, 0.717) is 28.3 Å². The lowest BCUT2D eigenvalue weighted by Gasteiger charge is -2.37. The highest BCUT2D eigenvalue weighted by Gasteiger charge is 2.52. The molecule has 0 bridgehead atoms. The third kappa shape index (κ3) is 5.58. The molecule has 4 rings (SSSR count). The third-order valence-corrected chi connectivity index (χ3v) is 7.23. The maximum Gasteiger partial charge on any atom is 0.264 e. The van der Waals surface area contributed by atoms with E-state index in [9.17, 15) is 35.1 Å². The number of halogens is 1. The lowest BCUT2D eigenvalue weighted by Crippen LogP contribution is -2.60. The molecule has 2 aromatic rings. The first-order chi connectivity index (χ1) is 18.5. The number of nitrogens with zero attached hydrogens (tertiary/aromatic N) is 1. The topological polar surface area (TPSA) is 180 Å². The van der Waals surface area contributed by atoms with Crippen molar-refractivity contribution >= 4 is 34.8 Å². The normalized spacial score (nSPS) is 29.5. The Morgan fingerprint density at radius 2 is 1.90 bits per heavy atom. The van der Waals surface area contributed by atoms with Gasteiger partial charge in [0.1, 0.15) is 18.3 Å². The van der Waals surface area contributed by atoms with Crippen LogP contribution in [0.15, 0.2) is 54.6 Å². The van der Waals surface area contributed by atoms with Crippen molar-refractivity contribution < 1.29 is 45.0 Å².